The molecule has 2 heterocycles. The minimum Gasteiger partial charge on any atom is -0.366 e. The zero-order valence-electron chi connectivity index (χ0n) is 11.9. The minimum absolute atomic E-state index is 0.562. The highest BCUT2D eigenvalue weighted by atomic mass is 32.1. The van der Waals surface area contributed by atoms with E-state index in [0.29, 0.717) is 6.04 Å². The van der Waals surface area contributed by atoms with Crippen molar-refractivity contribution in [2.75, 3.05) is 5.32 Å². The monoisotopic (exact) mass is 275 g/mol. The van der Waals surface area contributed by atoms with Gasteiger partial charge in [-0.3, -0.25) is 0 Å². The van der Waals surface area contributed by atoms with Crippen LogP contribution in [0.5, 0.6) is 0 Å². The number of aryl methyl sites for hydroxylation is 2. The summed E-state index contributed by atoms with van der Waals surface area (Å²) in [7, 11) is 0. The molecule has 0 unspecified atom stereocenters. The predicted molar refractivity (Wildman–Crippen MR) is 81.9 cm³/mol. The molecule has 0 radical (unpaired) electrons. The Morgan fingerprint density at radius 1 is 1.21 bits per heavy atom. The number of anilines is 1. The number of hydrogen-bond acceptors (Lipinski definition) is 4. The summed E-state index contributed by atoms with van der Waals surface area (Å²) in [4.78, 5) is 11.3. The molecule has 0 aliphatic heterocycles. The number of nitrogens with one attached hydrogen (secondary N) is 1. The van der Waals surface area contributed by atoms with Crippen molar-refractivity contribution in [3.63, 3.8) is 0 Å². The van der Waals surface area contributed by atoms with Gasteiger partial charge in [-0.1, -0.05) is 19.8 Å². The van der Waals surface area contributed by atoms with E-state index in [-0.39, 0.29) is 0 Å². The minimum atomic E-state index is 0.562. The fourth-order valence-corrected chi connectivity index (χ4v) is 3.99. The van der Waals surface area contributed by atoms with Gasteiger partial charge in [0.15, 0.2) is 0 Å². The van der Waals surface area contributed by atoms with Crippen molar-refractivity contribution in [3.05, 3.63) is 16.8 Å². The van der Waals surface area contributed by atoms with E-state index >= 15 is 0 Å². The SMILES string of the molecule is Cc1sc2ncnc(N[C@@H]3CCCC[C@H]3C)c2c1C. The molecule has 0 bridgehead atoms. The first-order valence-corrected chi connectivity index (χ1v) is 7.95. The number of aromatic nitrogens is 2. The van der Waals surface area contributed by atoms with E-state index in [1.165, 1.54) is 41.5 Å². The molecule has 1 fully saturated rings. The van der Waals surface area contributed by atoms with Gasteiger partial charge in [-0.15, -0.1) is 11.3 Å². The maximum absolute atomic E-state index is 4.49. The number of nitrogens with zero attached hydrogens (tertiary/aromatic N) is 2. The van der Waals surface area contributed by atoms with Crippen LogP contribution < -0.4 is 5.32 Å². The van der Waals surface area contributed by atoms with Crippen molar-refractivity contribution in [2.24, 2.45) is 5.92 Å². The van der Waals surface area contributed by atoms with Crippen LogP contribution in [-0.4, -0.2) is 16.0 Å². The Morgan fingerprint density at radius 2 is 2.00 bits per heavy atom. The Bertz CT molecular complexity index is 590. The highest BCUT2D eigenvalue weighted by Gasteiger charge is 2.22. The largest absolute Gasteiger partial charge is 0.366 e. The topological polar surface area (TPSA) is 37.8 Å². The lowest BCUT2D eigenvalue weighted by Crippen LogP contribution is -2.30. The maximum Gasteiger partial charge on any atom is 0.138 e. The van der Waals surface area contributed by atoms with E-state index in [9.17, 15) is 0 Å². The molecule has 2 aromatic heterocycles. The Labute approximate surface area is 118 Å². The van der Waals surface area contributed by atoms with E-state index in [1.54, 1.807) is 17.7 Å². The Morgan fingerprint density at radius 3 is 2.79 bits per heavy atom. The highest BCUT2D eigenvalue weighted by molar-refractivity contribution is 7.18. The zero-order valence-corrected chi connectivity index (χ0v) is 12.7. The molecule has 19 heavy (non-hydrogen) atoms. The summed E-state index contributed by atoms with van der Waals surface area (Å²) in [5, 5.41) is 4.91. The second-order valence-corrected chi connectivity index (χ2v) is 6.90. The molecule has 102 valence electrons. The van der Waals surface area contributed by atoms with Crippen LogP contribution in [0.25, 0.3) is 10.2 Å². The van der Waals surface area contributed by atoms with Crippen LogP contribution in [0.1, 0.15) is 43.0 Å². The van der Waals surface area contributed by atoms with Gasteiger partial charge in [0, 0.05) is 10.9 Å². The van der Waals surface area contributed by atoms with Crippen LogP contribution in [0.3, 0.4) is 0 Å². The third-order valence-corrected chi connectivity index (χ3v) is 5.51. The van der Waals surface area contributed by atoms with Crippen molar-refractivity contribution in [2.45, 2.75) is 52.5 Å². The summed E-state index contributed by atoms with van der Waals surface area (Å²) in [5.41, 5.74) is 1.33. The number of thiophene rings is 1. The molecule has 2 aromatic rings. The van der Waals surface area contributed by atoms with E-state index in [4.69, 9.17) is 0 Å². The normalized spacial score (nSPS) is 23.7. The number of hydrogen-bond donors (Lipinski definition) is 1. The lowest BCUT2D eigenvalue weighted by molar-refractivity contribution is 0.349. The first-order chi connectivity index (χ1) is 9.16. The van der Waals surface area contributed by atoms with Crippen LogP contribution in [0, 0.1) is 19.8 Å². The quantitative estimate of drug-likeness (QED) is 0.888. The highest BCUT2D eigenvalue weighted by Crippen LogP contribution is 2.34. The van der Waals surface area contributed by atoms with E-state index < -0.39 is 0 Å². The van der Waals surface area contributed by atoms with E-state index in [0.717, 1.165) is 16.6 Å². The summed E-state index contributed by atoms with van der Waals surface area (Å²) < 4.78 is 0. The fraction of sp³-hybridized carbons (Fsp3) is 0.600. The maximum atomic E-state index is 4.49. The van der Waals surface area contributed by atoms with Crippen LogP contribution in [-0.2, 0) is 0 Å². The molecular formula is C15H21N3S. The van der Waals surface area contributed by atoms with Gasteiger partial charge in [0.1, 0.15) is 17.0 Å². The van der Waals surface area contributed by atoms with Gasteiger partial charge in [0.25, 0.3) is 0 Å². The molecule has 3 rings (SSSR count). The molecule has 0 spiro atoms. The van der Waals surface area contributed by atoms with Crippen LogP contribution in [0.15, 0.2) is 6.33 Å². The van der Waals surface area contributed by atoms with Gasteiger partial charge in [-0.05, 0) is 38.2 Å². The van der Waals surface area contributed by atoms with Crippen molar-refractivity contribution < 1.29 is 0 Å². The molecular weight excluding hydrogens is 254 g/mol. The average Bonchev–Trinajstić information content (AvgIpc) is 2.69. The van der Waals surface area contributed by atoms with Gasteiger partial charge in [-0.2, -0.15) is 0 Å². The van der Waals surface area contributed by atoms with Crippen molar-refractivity contribution in [1.29, 1.82) is 0 Å². The number of rotatable bonds is 2. The lowest BCUT2D eigenvalue weighted by atomic mass is 9.86. The van der Waals surface area contributed by atoms with E-state index in [1.807, 2.05) is 0 Å². The smallest absolute Gasteiger partial charge is 0.138 e. The average molecular weight is 275 g/mol. The second kappa shape index (κ2) is 5.08. The molecule has 4 heteroatoms. The summed E-state index contributed by atoms with van der Waals surface area (Å²) in [6, 6.07) is 0.562. The van der Waals surface area contributed by atoms with Crippen LogP contribution >= 0.6 is 11.3 Å². The van der Waals surface area contributed by atoms with Crippen LogP contribution in [0.2, 0.25) is 0 Å². The first-order valence-electron chi connectivity index (χ1n) is 7.14. The lowest BCUT2D eigenvalue weighted by Gasteiger charge is -2.30. The van der Waals surface area contributed by atoms with Gasteiger partial charge < -0.3 is 5.32 Å². The fourth-order valence-electron chi connectivity index (χ4n) is 3.00. The predicted octanol–water partition coefficient (Wildman–Crippen LogP) is 4.30. The summed E-state index contributed by atoms with van der Waals surface area (Å²) >= 11 is 1.76. The Balaban J connectivity index is 1.96. The third kappa shape index (κ3) is 2.34. The van der Waals surface area contributed by atoms with E-state index in [2.05, 4.69) is 36.1 Å². The second-order valence-electron chi connectivity index (χ2n) is 5.70. The van der Waals surface area contributed by atoms with Crippen molar-refractivity contribution in [1.82, 2.24) is 9.97 Å². The molecule has 1 aliphatic carbocycles. The number of fused-ring (bicyclic) bond motifs is 1. The van der Waals surface area contributed by atoms with Gasteiger partial charge >= 0.3 is 0 Å². The van der Waals surface area contributed by atoms with Gasteiger partial charge in [0.05, 0.1) is 5.39 Å². The Kier molecular flexibility index (Phi) is 3.44. The van der Waals surface area contributed by atoms with Crippen LogP contribution in [0.4, 0.5) is 5.82 Å². The summed E-state index contributed by atoms with van der Waals surface area (Å²) in [5.74, 6) is 1.77. The van der Waals surface area contributed by atoms with Gasteiger partial charge in [-0.25, -0.2) is 9.97 Å². The molecule has 0 amide bonds. The summed E-state index contributed by atoms with van der Waals surface area (Å²) in [6.45, 7) is 6.68. The molecule has 2 atom stereocenters. The van der Waals surface area contributed by atoms with Crippen molar-refractivity contribution >= 4 is 27.4 Å². The summed E-state index contributed by atoms with van der Waals surface area (Å²) in [6.07, 6.45) is 6.98. The first kappa shape index (κ1) is 12.9. The third-order valence-electron chi connectivity index (χ3n) is 4.40. The molecule has 1 saturated carbocycles. The molecule has 0 aromatic carbocycles. The zero-order chi connectivity index (χ0) is 13.4. The van der Waals surface area contributed by atoms with Crippen molar-refractivity contribution in [3.8, 4) is 0 Å². The molecule has 3 nitrogen and oxygen atoms in total. The standard InChI is InChI=1S/C15H21N3S/c1-9-6-4-5-7-12(9)18-14-13-10(2)11(3)19-15(13)17-8-16-14/h8-9,12H,4-7H2,1-3H3,(H,16,17,18)/t9-,12-/m1/s1. The molecule has 0 saturated heterocycles. The molecule has 1 N–H and O–H groups in total. The molecule has 1 aliphatic rings. The van der Waals surface area contributed by atoms with Gasteiger partial charge in [0.2, 0.25) is 0 Å². The Hall–Kier alpha value is -1.16.